The maximum Gasteiger partial charge on any atom is 0.304 e. The van der Waals surface area contributed by atoms with Crippen LogP contribution >= 0.6 is 0 Å². The molecule has 1 aliphatic rings. The van der Waals surface area contributed by atoms with Crippen LogP contribution in [0.1, 0.15) is 30.7 Å². The lowest BCUT2D eigenvalue weighted by Crippen LogP contribution is -2.32. The van der Waals surface area contributed by atoms with Gasteiger partial charge in [-0.15, -0.1) is 0 Å². The third kappa shape index (κ3) is 3.53. The number of halogens is 1. The van der Waals surface area contributed by atoms with Crippen molar-refractivity contribution in [2.45, 2.75) is 25.2 Å². The minimum Gasteiger partial charge on any atom is -0.481 e. The van der Waals surface area contributed by atoms with Gasteiger partial charge >= 0.3 is 5.97 Å². The van der Waals surface area contributed by atoms with Crippen LogP contribution in [0.3, 0.4) is 0 Å². The Morgan fingerprint density at radius 1 is 1.33 bits per heavy atom. The zero-order chi connectivity index (χ0) is 15.5. The topological polar surface area (TPSA) is 74.7 Å². The highest BCUT2D eigenvalue weighted by Gasteiger charge is 2.35. The van der Waals surface area contributed by atoms with E-state index >= 15 is 0 Å². The van der Waals surface area contributed by atoms with Crippen LogP contribution in [-0.2, 0) is 14.8 Å². The summed E-state index contributed by atoms with van der Waals surface area (Å²) in [6.45, 7) is -0.392. The highest BCUT2D eigenvalue weighted by Crippen LogP contribution is 2.39. The fraction of sp³-hybridized carbons (Fsp3) is 0.500. The smallest absolute Gasteiger partial charge is 0.304 e. The molecule has 21 heavy (non-hydrogen) atoms. The molecule has 0 radical (unpaired) electrons. The van der Waals surface area contributed by atoms with E-state index in [4.69, 9.17) is 5.11 Å². The highest BCUT2D eigenvalue weighted by molar-refractivity contribution is 7.92. The summed E-state index contributed by atoms with van der Waals surface area (Å²) in [5.74, 6) is -1.41. The van der Waals surface area contributed by atoms with Crippen LogP contribution in [0.15, 0.2) is 24.3 Å². The number of hydrogen-bond acceptors (Lipinski definition) is 3. The lowest BCUT2D eigenvalue weighted by Gasteiger charge is -2.19. The molecule has 7 heteroatoms. The Kier molecular flexibility index (Phi) is 4.82. The van der Waals surface area contributed by atoms with Crippen LogP contribution in [0.5, 0.6) is 0 Å². The number of sulfonamides is 1. The number of carboxylic acid groups (broad SMARTS) is 1. The fourth-order valence-electron chi connectivity index (χ4n) is 2.59. The number of benzene rings is 1. The summed E-state index contributed by atoms with van der Waals surface area (Å²) in [4.78, 5) is 10.9. The Morgan fingerprint density at radius 3 is 2.71 bits per heavy atom. The van der Waals surface area contributed by atoms with Crippen molar-refractivity contribution in [2.75, 3.05) is 23.3 Å². The van der Waals surface area contributed by atoms with Crippen molar-refractivity contribution >= 4 is 21.7 Å². The van der Waals surface area contributed by atoms with E-state index < -0.39 is 22.7 Å². The molecule has 2 rings (SSSR count). The number of nitrogens with zero attached hydrogens (tertiary/aromatic N) is 1. The first-order valence-electron chi connectivity index (χ1n) is 6.83. The third-order valence-electron chi connectivity index (χ3n) is 3.57. The van der Waals surface area contributed by atoms with E-state index in [1.165, 1.54) is 4.31 Å². The number of aliphatic carboxylic acids is 1. The number of fused-ring (bicyclic) bond motifs is 1. The zero-order valence-corrected chi connectivity index (χ0v) is 12.4. The van der Waals surface area contributed by atoms with Crippen molar-refractivity contribution in [2.24, 2.45) is 0 Å². The lowest BCUT2D eigenvalue weighted by molar-refractivity contribution is -0.137. The second-order valence-electron chi connectivity index (χ2n) is 5.10. The summed E-state index contributed by atoms with van der Waals surface area (Å²) in [5.41, 5.74) is 1.29. The Labute approximate surface area is 123 Å². The largest absolute Gasteiger partial charge is 0.481 e. The van der Waals surface area contributed by atoms with Crippen LogP contribution in [-0.4, -0.2) is 38.5 Å². The summed E-state index contributed by atoms with van der Waals surface area (Å²) in [7, 11) is -3.54. The second-order valence-corrected chi connectivity index (χ2v) is 7.11. The second kappa shape index (κ2) is 6.43. The maximum atomic E-state index is 12.4. The average molecular weight is 315 g/mol. The number of unbranched alkanes of at least 4 members (excludes halogenated alkanes) is 1. The lowest BCUT2D eigenvalue weighted by atomic mass is 9.98. The number of carboxylic acids is 1. The predicted octanol–water partition coefficient (Wildman–Crippen LogP) is 2.14. The van der Waals surface area contributed by atoms with Gasteiger partial charge in [-0.3, -0.25) is 13.5 Å². The van der Waals surface area contributed by atoms with E-state index in [1.54, 1.807) is 24.3 Å². The molecule has 0 fully saturated rings. The molecule has 1 atom stereocenters. The van der Waals surface area contributed by atoms with E-state index in [1.807, 2.05) is 0 Å². The Hall–Kier alpha value is -1.63. The van der Waals surface area contributed by atoms with E-state index in [9.17, 15) is 17.6 Å². The van der Waals surface area contributed by atoms with E-state index in [0.717, 1.165) is 5.56 Å². The molecule has 0 spiro atoms. The number of hydrogen-bond donors (Lipinski definition) is 1. The summed E-state index contributed by atoms with van der Waals surface area (Å²) < 4.78 is 38.1. The van der Waals surface area contributed by atoms with Gasteiger partial charge in [0.2, 0.25) is 10.0 Å². The molecule has 1 N–H and O–H groups in total. The average Bonchev–Trinajstić information content (AvgIpc) is 2.78. The normalized spacial score (nSPS) is 17.8. The van der Waals surface area contributed by atoms with Gasteiger partial charge in [-0.2, -0.15) is 0 Å². The molecule has 0 saturated carbocycles. The van der Waals surface area contributed by atoms with Crippen LogP contribution in [0.25, 0.3) is 0 Å². The molecule has 1 aromatic carbocycles. The monoisotopic (exact) mass is 315 g/mol. The van der Waals surface area contributed by atoms with Gasteiger partial charge in [0, 0.05) is 12.5 Å². The quantitative estimate of drug-likeness (QED) is 0.782. The van der Waals surface area contributed by atoms with Gasteiger partial charge in [0.15, 0.2) is 0 Å². The van der Waals surface area contributed by atoms with Crippen molar-refractivity contribution < 1.29 is 22.7 Å². The van der Waals surface area contributed by atoms with Gasteiger partial charge in [0.05, 0.1) is 24.5 Å². The third-order valence-corrected chi connectivity index (χ3v) is 5.40. The van der Waals surface area contributed by atoms with Crippen molar-refractivity contribution in [3.05, 3.63) is 29.8 Å². The summed E-state index contributed by atoms with van der Waals surface area (Å²) in [5, 5.41) is 8.95. The van der Waals surface area contributed by atoms with Gasteiger partial charge in [-0.05, 0) is 24.5 Å². The van der Waals surface area contributed by atoms with Crippen LogP contribution in [0.4, 0.5) is 10.1 Å². The molecule has 1 aliphatic heterocycles. The molecule has 0 bridgehead atoms. The molecular formula is C14H18FNO4S. The molecule has 1 aromatic rings. The Morgan fingerprint density at radius 2 is 2.05 bits per heavy atom. The predicted molar refractivity (Wildman–Crippen MR) is 77.8 cm³/mol. The minimum atomic E-state index is -3.54. The number of rotatable bonds is 7. The van der Waals surface area contributed by atoms with Gasteiger partial charge in [0.1, 0.15) is 0 Å². The maximum absolute atomic E-state index is 12.4. The van der Waals surface area contributed by atoms with E-state index in [-0.39, 0.29) is 37.5 Å². The standard InChI is InChI=1S/C14H18FNO4S/c15-7-3-4-8-21(19,20)16-10-11(9-14(17)18)12-5-1-2-6-13(12)16/h1-2,5-6,11H,3-4,7-10H2,(H,17,18). The molecule has 116 valence electrons. The first kappa shape index (κ1) is 15.8. The van der Waals surface area contributed by atoms with E-state index in [0.29, 0.717) is 5.69 Å². The number of anilines is 1. The summed E-state index contributed by atoms with van der Waals surface area (Å²) in [6.07, 6.45) is 0.377. The van der Waals surface area contributed by atoms with Gasteiger partial charge in [-0.1, -0.05) is 18.2 Å². The fourth-order valence-corrected chi connectivity index (χ4v) is 4.26. The summed E-state index contributed by atoms with van der Waals surface area (Å²) in [6, 6.07) is 6.95. The SMILES string of the molecule is O=C(O)CC1CN(S(=O)(=O)CCCCF)c2ccccc21. The molecule has 0 aliphatic carbocycles. The van der Waals surface area contributed by atoms with Gasteiger partial charge < -0.3 is 5.11 Å². The first-order chi connectivity index (χ1) is 9.95. The Bertz CT molecular complexity index is 617. The molecule has 0 aromatic heterocycles. The van der Waals surface area contributed by atoms with Crippen molar-refractivity contribution in [1.29, 1.82) is 0 Å². The number of alkyl halides is 1. The van der Waals surface area contributed by atoms with Gasteiger partial charge in [-0.25, -0.2) is 8.42 Å². The molecule has 1 unspecified atom stereocenters. The highest BCUT2D eigenvalue weighted by atomic mass is 32.2. The van der Waals surface area contributed by atoms with Crippen molar-refractivity contribution in [3.63, 3.8) is 0 Å². The van der Waals surface area contributed by atoms with Crippen LogP contribution < -0.4 is 4.31 Å². The molecule has 0 saturated heterocycles. The van der Waals surface area contributed by atoms with Crippen LogP contribution in [0, 0.1) is 0 Å². The molecule has 0 amide bonds. The van der Waals surface area contributed by atoms with Crippen LogP contribution in [0.2, 0.25) is 0 Å². The minimum absolute atomic E-state index is 0.104. The van der Waals surface area contributed by atoms with Crippen molar-refractivity contribution in [1.82, 2.24) is 0 Å². The number of para-hydroxylation sites is 1. The first-order valence-corrected chi connectivity index (χ1v) is 8.43. The Balaban J connectivity index is 2.24. The molecule has 1 heterocycles. The van der Waals surface area contributed by atoms with Crippen molar-refractivity contribution in [3.8, 4) is 0 Å². The molecular weight excluding hydrogens is 297 g/mol. The van der Waals surface area contributed by atoms with E-state index in [2.05, 4.69) is 0 Å². The number of carbonyl (C=O) groups is 1. The van der Waals surface area contributed by atoms with Gasteiger partial charge in [0.25, 0.3) is 0 Å². The zero-order valence-electron chi connectivity index (χ0n) is 11.5. The molecule has 5 nitrogen and oxygen atoms in total. The summed E-state index contributed by atoms with van der Waals surface area (Å²) >= 11 is 0.